The van der Waals surface area contributed by atoms with E-state index in [1.54, 1.807) is 0 Å². The van der Waals surface area contributed by atoms with Gasteiger partial charge in [0.25, 0.3) is 0 Å². The zero-order valence-corrected chi connectivity index (χ0v) is 12.8. The molecule has 1 atom stereocenters. The molecule has 1 saturated heterocycles. The van der Waals surface area contributed by atoms with E-state index in [1.807, 2.05) is 11.3 Å². The predicted octanol–water partition coefficient (Wildman–Crippen LogP) is 3.21. The quantitative estimate of drug-likeness (QED) is 0.903. The second kappa shape index (κ2) is 4.57. The Morgan fingerprint density at radius 3 is 2.80 bits per heavy atom. The molecule has 1 N–H and O–H groups in total. The van der Waals surface area contributed by atoms with Crippen LogP contribution in [-0.2, 0) is 4.79 Å². The molecule has 1 aromatic rings. The van der Waals surface area contributed by atoms with E-state index < -0.39 is 0 Å². The van der Waals surface area contributed by atoms with Gasteiger partial charge in [0.2, 0.25) is 5.91 Å². The molecule has 2 aliphatic carbocycles. The number of carbonyl (C=O) groups is 1. The van der Waals surface area contributed by atoms with Gasteiger partial charge in [0.15, 0.2) is 0 Å². The molecule has 20 heavy (non-hydrogen) atoms. The van der Waals surface area contributed by atoms with Gasteiger partial charge in [0.1, 0.15) is 11.7 Å². The molecule has 1 aromatic heterocycles. The van der Waals surface area contributed by atoms with Crippen LogP contribution in [0.15, 0.2) is 12.1 Å². The summed E-state index contributed by atoms with van der Waals surface area (Å²) in [5.74, 6) is 1.31. The number of nitrogens with one attached hydrogen (secondary N) is 1. The molecule has 1 spiro atoms. The van der Waals surface area contributed by atoms with Crippen molar-refractivity contribution in [2.45, 2.75) is 57.2 Å². The van der Waals surface area contributed by atoms with Gasteiger partial charge in [0, 0.05) is 16.3 Å². The fourth-order valence-corrected chi connectivity index (χ4v) is 4.23. The van der Waals surface area contributed by atoms with Crippen LogP contribution in [0.3, 0.4) is 0 Å². The summed E-state index contributed by atoms with van der Waals surface area (Å²) in [5.41, 5.74) is -0.192. The van der Waals surface area contributed by atoms with Crippen LogP contribution >= 0.6 is 11.3 Å². The summed E-state index contributed by atoms with van der Waals surface area (Å²) in [6, 6.07) is 4.34. The van der Waals surface area contributed by atoms with Crippen molar-refractivity contribution < 1.29 is 4.79 Å². The Morgan fingerprint density at radius 1 is 1.40 bits per heavy atom. The molecular formula is C16H22N2OS. The van der Waals surface area contributed by atoms with Crippen molar-refractivity contribution in [1.29, 1.82) is 0 Å². The lowest BCUT2D eigenvalue weighted by Crippen LogP contribution is -2.33. The van der Waals surface area contributed by atoms with Crippen molar-refractivity contribution >= 4 is 17.2 Å². The molecule has 1 amide bonds. The van der Waals surface area contributed by atoms with Gasteiger partial charge in [0.05, 0.1) is 0 Å². The Hall–Kier alpha value is -0.870. The number of hydrogen-bond donors (Lipinski definition) is 1. The van der Waals surface area contributed by atoms with Gasteiger partial charge in [-0.15, -0.1) is 11.3 Å². The highest BCUT2D eigenvalue weighted by molar-refractivity contribution is 7.12. The molecule has 2 saturated carbocycles. The van der Waals surface area contributed by atoms with Crippen LogP contribution in [0.5, 0.6) is 0 Å². The van der Waals surface area contributed by atoms with Gasteiger partial charge < -0.3 is 4.90 Å². The van der Waals surface area contributed by atoms with Crippen LogP contribution in [-0.4, -0.2) is 22.9 Å². The second-order valence-electron chi connectivity index (χ2n) is 6.66. The molecule has 3 aliphatic rings. The highest BCUT2D eigenvalue weighted by atomic mass is 32.1. The normalized spacial score (nSPS) is 27.6. The predicted molar refractivity (Wildman–Crippen MR) is 80.6 cm³/mol. The van der Waals surface area contributed by atoms with Crippen LogP contribution in [0.1, 0.15) is 54.4 Å². The summed E-state index contributed by atoms with van der Waals surface area (Å²) < 4.78 is 0. The Balaban J connectivity index is 1.50. The third kappa shape index (κ3) is 2.19. The van der Waals surface area contributed by atoms with Gasteiger partial charge in [-0.2, -0.15) is 0 Å². The number of hydrogen-bond acceptors (Lipinski definition) is 3. The first-order valence-corrected chi connectivity index (χ1v) is 8.65. The Labute approximate surface area is 124 Å². The van der Waals surface area contributed by atoms with Crippen LogP contribution in [0.25, 0.3) is 0 Å². The lowest BCUT2D eigenvalue weighted by molar-refractivity contribution is -0.130. The van der Waals surface area contributed by atoms with Crippen molar-refractivity contribution in [3.8, 4) is 0 Å². The van der Waals surface area contributed by atoms with Crippen molar-refractivity contribution in [3.05, 3.63) is 21.9 Å². The molecule has 2 heterocycles. The minimum atomic E-state index is -0.192. The summed E-state index contributed by atoms with van der Waals surface area (Å²) in [5, 5.41) is 3.61. The fraction of sp³-hybridized carbons (Fsp3) is 0.688. The lowest BCUT2D eigenvalue weighted by atomic mass is 10.2. The van der Waals surface area contributed by atoms with Crippen LogP contribution in [0.2, 0.25) is 0 Å². The van der Waals surface area contributed by atoms with Gasteiger partial charge in [-0.05, 0) is 50.7 Å². The summed E-state index contributed by atoms with van der Waals surface area (Å²) in [6.07, 6.45) is 7.44. The average molecular weight is 290 g/mol. The average Bonchev–Trinajstić information content (AvgIpc) is 3.32. The smallest absolute Gasteiger partial charge is 0.244 e. The molecule has 1 unspecified atom stereocenters. The van der Waals surface area contributed by atoms with Crippen molar-refractivity contribution in [2.75, 3.05) is 6.54 Å². The van der Waals surface area contributed by atoms with E-state index in [1.165, 1.54) is 29.0 Å². The van der Waals surface area contributed by atoms with Gasteiger partial charge in [-0.25, -0.2) is 0 Å². The van der Waals surface area contributed by atoms with Crippen LogP contribution < -0.4 is 5.32 Å². The molecule has 4 heteroatoms. The molecule has 0 bridgehead atoms. The number of nitrogens with zero attached hydrogens (tertiary/aromatic N) is 1. The minimum absolute atomic E-state index is 0.128. The van der Waals surface area contributed by atoms with E-state index >= 15 is 0 Å². The van der Waals surface area contributed by atoms with Gasteiger partial charge in [-0.1, -0.05) is 12.8 Å². The fourth-order valence-electron chi connectivity index (χ4n) is 3.29. The maximum Gasteiger partial charge on any atom is 0.244 e. The molecule has 0 radical (unpaired) electrons. The lowest BCUT2D eigenvalue weighted by Gasteiger charge is -2.23. The highest BCUT2D eigenvalue weighted by Gasteiger charge is 2.59. The molecule has 108 valence electrons. The number of thiophene rings is 1. The van der Waals surface area contributed by atoms with Gasteiger partial charge >= 0.3 is 0 Å². The second-order valence-corrected chi connectivity index (χ2v) is 7.98. The first-order chi connectivity index (χ1) is 9.68. The minimum Gasteiger partial charge on any atom is -0.320 e. The summed E-state index contributed by atoms with van der Waals surface area (Å²) in [7, 11) is 0. The summed E-state index contributed by atoms with van der Waals surface area (Å²) in [4.78, 5) is 17.4. The number of amides is 1. The van der Waals surface area contributed by atoms with Crippen molar-refractivity contribution in [3.63, 3.8) is 0 Å². The van der Waals surface area contributed by atoms with Crippen LogP contribution in [0.4, 0.5) is 0 Å². The van der Waals surface area contributed by atoms with Gasteiger partial charge in [-0.3, -0.25) is 10.1 Å². The SMILES string of the molecule is Cc1ccc(C2NC3(CC3)C(=O)N2CCCC2CC2)s1. The third-order valence-corrected chi connectivity index (χ3v) is 5.94. The summed E-state index contributed by atoms with van der Waals surface area (Å²) >= 11 is 1.82. The number of carbonyl (C=O) groups excluding carboxylic acids is 1. The first-order valence-electron chi connectivity index (χ1n) is 7.83. The topological polar surface area (TPSA) is 32.3 Å². The Bertz CT molecular complexity index is 530. The van der Waals surface area contributed by atoms with E-state index in [4.69, 9.17) is 0 Å². The maximum absolute atomic E-state index is 12.6. The Kier molecular flexibility index (Phi) is 2.93. The molecule has 4 rings (SSSR count). The van der Waals surface area contributed by atoms with E-state index in [9.17, 15) is 4.79 Å². The zero-order chi connectivity index (χ0) is 13.7. The molecule has 1 aliphatic heterocycles. The van der Waals surface area contributed by atoms with Crippen molar-refractivity contribution in [1.82, 2.24) is 10.2 Å². The molecule has 0 aromatic carbocycles. The third-order valence-electron chi connectivity index (χ3n) is 4.88. The molecular weight excluding hydrogens is 268 g/mol. The monoisotopic (exact) mass is 290 g/mol. The standard InChI is InChI=1S/C16H22N2OS/c1-11-4-7-13(20-11)14-17-16(8-9-16)15(19)18(14)10-2-3-12-5-6-12/h4,7,12,14,17H,2-3,5-6,8-10H2,1H3. The van der Waals surface area contributed by atoms with Crippen LogP contribution in [0, 0.1) is 12.8 Å². The van der Waals surface area contributed by atoms with E-state index in [2.05, 4.69) is 29.3 Å². The van der Waals surface area contributed by atoms with Crippen molar-refractivity contribution in [2.24, 2.45) is 5.92 Å². The largest absolute Gasteiger partial charge is 0.320 e. The zero-order valence-electron chi connectivity index (χ0n) is 12.0. The number of rotatable bonds is 5. The Morgan fingerprint density at radius 2 is 2.20 bits per heavy atom. The molecule has 3 fully saturated rings. The summed E-state index contributed by atoms with van der Waals surface area (Å²) in [6.45, 7) is 3.06. The number of aryl methyl sites for hydroxylation is 1. The molecule has 3 nitrogen and oxygen atoms in total. The van der Waals surface area contributed by atoms with E-state index in [0.717, 1.165) is 31.7 Å². The first kappa shape index (κ1) is 12.8. The maximum atomic E-state index is 12.6. The highest BCUT2D eigenvalue weighted by Crippen LogP contribution is 2.47. The van der Waals surface area contributed by atoms with E-state index in [-0.39, 0.29) is 11.7 Å². The van der Waals surface area contributed by atoms with E-state index in [0.29, 0.717) is 5.91 Å².